The van der Waals surface area contributed by atoms with Gasteiger partial charge in [-0.3, -0.25) is 5.21 Å². The fourth-order valence-electron chi connectivity index (χ4n) is 2.94. The van der Waals surface area contributed by atoms with Crippen molar-refractivity contribution in [1.29, 1.82) is 0 Å². The number of nitrogens with zero attached hydrogens (tertiary/aromatic N) is 1. The number of nitrogens with two attached hydrogens (primary N) is 1. The minimum Gasteiger partial charge on any atom is -0.493 e. The normalized spacial score (nSPS) is 18.5. The first-order chi connectivity index (χ1) is 12.1. The fraction of sp³-hybridized carbons (Fsp3) is 0.316. The van der Waals surface area contributed by atoms with Crippen LogP contribution < -0.4 is 15.2 Å². The number of amides is 2. The second-order valence-electron chi connectivity index (χ2n) is 6.21. The molecule has 0 bridgehead atoms. The van der Waals surface area contributed by atoms with Gasteiger partial charge in [-0.1, -0.05) is 36.4 Å². The molecule has 0 aliphatic heterocycles. The van der Waals surface area contributed by atoms with Crippen LogP contribution in [0.1, 0.15) is 23.5 Å². The van der Waals surface area contributed by atoms with Gasteiger partial charge in [-0.2, -0.15) is 0 Å². The van der Waals surface area contributed by atoms with Crippen molar-refractivity contribution in [2.24, 2.45) is 11.7 Å². The van der Waals surface area contributed by atoms with E-state index in [2.05, 4.69) is 0 Å². The highest BCUT2D eigenvalue weighted by Gasteiger charge is 2.40. The lowest BCUT2D eigenvalue weighted by atomic mass is 10.1. The van der Waals surface area contributed by atoms with Crippen molar-refractivity contribution in [3.8, 4) is 11.5 Å². The molecule has 6 heteroatoms. The minimum atomic E-state index is -0.827. The summed E-state index contributed by atoms with van der Waals surface area (Å²) in [6.07, 6.45) is 0.898. The van der Waals surface area contributed by atoms with E-state index in [0.717, 1.165) is 17.5 Å². The largest absolute Gasteiger partial charge is 0.493 e. The number of primary amides is 1. The third-order valence-corrected chi connectivity index (χ3v) is 4.44. The van der Waals surface area contributed by atoms with Crippen LogP contribution in [-0.2, 0) is 6.61 Å². The molecule has 2 unspecified atom stereocenters. The Morgan fingerprint density at radius 1 is 1.24 bits per heavy atom. The van der Waals surface area contributed by atoms with Gasteiger partial charge in [0.15, 0.2) is 11.5 Å². The summed E-state index contributed by atoms with van der Waals surface area (Å²) in [5.74, 6) is 1.84. The van der Waals surface area contributed by atoms with Crippen LogP contribution in [-0.4, -0.2) is 30.0 Å². The van der Waals surface area contributed by atoms with Crippen molar-refractivity contribution in [3.63, 3.8) is 0 Å². The lowest BCUT2D eigenvalue weighted by molar-refractivity contribution is -0.0431. The van der Waals surface area contributed by atoms with Gasteiger partial charge >= 0.3 is 6.03 Å². The van der Waals surface area contributed by atoms with Crippen LogP contribution in [0.2, 0.25) is 0 Å². The molecule has 3 rings (SSSR count). The summed E-state index contributed by atoms with van der Waals surface area (Å²) in [5.41, 5.74) is 7.24. The first-order valence-electron chi connectivity index (χ1n) is 8.19. The van der Waals surface area contributed by atoms with Crippen molar-refractivity contribution >= 4 is 6.03 Å². The number of rotatable bonds is 7. The van der Waals surface area contributed by atoms with Gasteiger partial charge in [0, 0.05) is 0 Å². The number of urea groups is 1. The highest BCUT2D eigenvalue weighted by atomic mass is 16.5. The zero-order valence-electron chi connectivity index (χ0n) is 14.1. The summed E-state index contributed by atoms with van der Waals surface area (Å²) in [6.45, 7) is 0.701. The Morgan fingerprint density at radius 3 is 2.68 bits per heavy atom. The van der Waals surface area contributed by atoms with E-state index in [9.17, 15) is 10.0 Å². The summed E-state index contributed by atoms with van der Waals surface area (Å²) in [6, 6.07) is 14.9. The molecule has 2 amide bonds. The molecule has 0 heterocycles. The molecule has 25 heavy (non-hydrogen) atoms. The van der Waals surface area contributed by atoms with E-state index < -0.39 is 6.03 Å². The van der Waals surface area contributed by atoms with Gasteiger partial charge in [-0.15, -0.1) is 0 Å². The Kier molecular flexibility index (Phi) is 5.09. The molecule has 6 nitrogen and oxygen atoms in total. The predicted molar refractivity (Wildman–Crippen MR) is 92.7 cm³/mol. The molecule has 0 radical (unpaired) electrons. The number of hydrogen-bond acceptors (Lipinski definition) is 4. The standard InChI is InChI=1S/C19H22N2O4/c1-24-17-8-7-14(16-9-15(16)11-21(23)19(20)22)10-18(17)25-12-13-5-3-2-4-6-13/h2-8,10,15-16,23H,9,11-12H2,1H3,(H2,20,22). The average Bonchev–Trinajstić information content (AvgIpc) is 3.39. The van der Waals surface area contributed by atoms with Crippen LogP contribution in [0.15, 0.2) is 48.5 Å². The topological polar surface area (TPSA) is 85.0 Å². The van der Waals surface area contributed by atoms with Crippen molar-refractivity contribution in [3.05, 3.63) is 59.7 Å². The van der Waals surface area contributed by atoms with Crippen LogP contribution in [0, 0.1) is 5.92 Å². The van der Waals surface area contributed by atoms with Crippen molar-refractivity contribution in [1.82, 2.24) is 5.06 Å². The Bertz CT molecular complexity index is 735. The third-order valence-electron chi connectivity index (χ3n) is 4.44. The Labute approximate surface area is 146 Å². The van der Waals surface area contributed by atoms with Crippen molar-refractivity contribution in [2.75, 3.05) is 13.7 Å². The maximum atomic E-state index is 10.9. The van der Waals surface area contributed by atoms with Gasteiger partial charge < -0.3 is 15.2 Å². The predicted octanol–water partition coefficient (Wildman–Crippen LogP) is 3.15. The van der Waals surface area contributed by atoms with Crippen LogP contribution in [0.4, 0.5) is 4.79 Å². The van der Waals surface area contributed by atoms with Crippen LogP contribution >= 0.6 is 0 Å². The first kappa shape index (κ1) is 17.1. The molecule has 1 aliphatic rings. The van der Waals surface area contributed by atoms with Gasteiger partial charge in [0.25, 0.3) is 0 Å². The summed E-state index contributed by atoms with van der Waals surface area (Å²) in [7, 11) is 1.61. The molecule has 2 aromatic rings. The molecular formula is C19H22N2O4. The zero-order valence-corrected chi connectivity index (χ0v) is 14.1. The first-order valence-corrected chi connectivity index (χ1v) is 8.19. The van der Waals surface area contributed by atoms with E-state index in [1.165, 1.54) is 0 Å². The Morgan fingerprint density at radius 2 is 2.00 bits per heavy atom. The van der Waals surface area contributed by atoms with Gasteiger partial charge in [0.1, 0.15) is 6.61 Å². The van der Waals surface area contributed by atoms with Gasteiger partial charge in [-0.05, 0) is 41.5 Å². The van der Waals surface area contributed by atoms with Gasteiger partial charge in [0.2, 0.25) is 0 Å². The highest BCUT2D eigenvalue weighted by molar-refractivity contribution is 5.70. The van der Waals surface area contributed by atoms with E-state index in [1.54, 1.807) is 7.11 Å². The molecule has 1 fully saturated rings. The number of hydroxylamine groups is 2. The number of benzene rings is 2. The van der Waals surface area contributed by atoms with E-state index in [4.69, 9.17) is 15.2 Å². The number of carbonyl (C=O) groups is 1. The molecule has 1 aliphatic carbocycles. The quantitative estimate of drug-likeness (QED) is 0.598. The smallest absolute Gasteiger partial charge is 0.338 e. The molecule has 2 atom stereocenters. The summed E-state index contributed by atoms with van der Waals surface area (Å²) in [4.78, 5) is 10.9. The fourth-order valence-corrected chi connectivity index (χ4v) is 2.94. The maximum absolute atomic E-state index is 10.9. The summed E-state index contributed by atoms with van der Waals surface area (Å²) >= 11 is 0. The Hall–Kier alpha value is -2.73. The maximum Gasteiger partial charge on any atom is 0.338 e. The van der Waals surface area contributed by atoms with E-state index in [-0.39, 0.29) is 18.4 Å². The highest BCUT2D eigenvalue weighted by Crippen LogP contribution is 2.49. The van der Waals surface area contributed by atoms with Crippen LogP contribution in [0.3, 0.4) is 0 Å². The van der Waals surface area contributed by atoms with Crippen LogP contribution in [0.5, 0.6) is 11.5 Å². The second-order valence-corrected chi connectivity index (χ2v) is 6.21. The van der Waals surface area contributed by atoms with E-state index >= 15 is 0 Å². The molecule has 0 spiro atoms. The van der Waals surface area contributed by atoms with Gasteiger partial charge in [-0.25, -0.2) is 9.86 Å². The lowest BCUT2D eigenvalue weighted by Gasteiger charge is -2.14. The zero-order chi connectivity index (χ0) is 17.8. The van der Waals surface area contributed by atoms with Gasteiger partial charge in [0.05, 0.1) is 13.7 Å². The lowest BCUT2D eigenvalue weighted by Crippen LogP contribution is -2.34. The summed E-state index contributed by atoms with van der Waals surface area (Å²) < 4.78 is 11.3. The molecule has 3 N–H and O–H groups in total. The van der Waals surface area contributed by atoms with E-state index in [1.807, 2.05) is 48.5 Å². The third kappa shape index (κ3) is 4.22. The minimum absolute atomic E-state index is 0.202. The average molecular weight is 342 g/mol. The Balaban J connectivity index is 1.67. The number of carbonyl (C=O) groups excluding carboxylic acids is 1. The number of ether oxygens (including phenoxy) is 2. The second kappa shape index (κ2) is 7.44. The number of hydrogen-bond donors (Lipinski definition) is 2. The molecule has 0 aromatic heterocycles. The van der Waals surface area contributed by atoms with Crippen molar-refractivity contribution in [2.45, 2.75) is 18.9 Å². The summed E-state index contributed by atoms with van der Waals surface area (Å²) in [5, 5.41) is 10.0. The van der Waals surface area contributed by atoms with Crippen LogP contribution in [0.25, 0.3) is 0 Å². The van der Waals surface area contributed by atoms with E-state index in [0.29, 0.717) is 23.2 Å². The molecule has 2 aromatic carbocycles. The van der Waals surface area contributed by atoms with Crippen molar-refractivity contribution < 1.29 is 19.5 Å². The number of methoxy groups -OCH3 is 1. The monoisotopic (exact) mass is 342 g/mol. The molecule has 1 saturated carbocycles. The molecule has 132 valence electrons. The SMILES string of the molecule is COc1ccc(C2CC2CN(O)C(N)=O)cc1OCc1ccccc1. The molecular weight excluding hydrogens is 320 g/mol. The molecule has 0 saturated heterocycles.